The molecule has 2 nitrogen and oxygen atoms in total. The normalized spacial score (nSPS) is 11.3. The van der Waals surface area contributed by atoms with Gasteiger partial charge in [-0.25, -0.2) is 0 Å². The number of carbonyl (C=O) groups excluding carboxylic acids is 1. The molecule has 15 heavy (non-hydrogen) atoms. The van der Waals surface area contributed by atoms with Crippen molar-refractivity contribution in [2.75, 3.05) is 0 Å². The Balaban J connectivity index is 2.59. The Labute approximate surface area is 88.2 Å². The molecule has 76 valence electrons. The van der Waals surface area contributed by atoms with Gasteiger partial charge in [-0.1, -0.05) is 18.2 Å². The van der Waals surface area contributed by atoms with Crippen LogP contribution in [0.15, 0.2) is 34.8 Å². The van der Waals surface area contributed by atoms with Gasteiger partial charge in [0.1, 0.15) is 11.3 Å². The molecule has 0 spiro atoms. The Morgan fingerprint density at radius 2 is 2.07 bits per heavy atom. The van der Waals surface area contributed by atoms with Crippen LogP contribution in [0.4, 0.5) is 0 Å². The Bertz CT molecular complexity index is 532. The van der Waals surface area contributed by atoms with E-state index in [0.717, 1.165) is 22.3 Å². The second kappa shape index (κ2) is 3.73. The number of ketones is 1. The fourth-order valence-corrected chi connectivity index (χ4v) is 1.60. The van der Waals surface area contributed by atoms with Crippen LogP contribution >= 0.6 is 0 Å². The van der Waals surface area contributed by atoms with Crippen molar-refractivity contribution in [2.24, 2.45) is 0 Å². The van der Waals surface area contributed by atoms with E-state index in [1.807, 2.05) is 37.3 Å². The highest BCUT2D eigenvalue weighted by Gasteiger charge is 2.06. The second-order valence-electron chi connectivity index (χ2n) is 3.51. The molecule has 0 aliphatic carbocycles. The summed E-state index contributed by atoms with van der Waals surface area (Å²) in [5.74, 6) is 0.883. The molecule has 1 aromatic carbocycles. The van der Waals surface area contributed by atoms with Crippen LogP contribution < -0.4 is 0 Å². The minimum absolute atomic E-state index is 0.0414. The van der Waals surface area contributed by atoms with E-state index in [1.54, 1.807) is 6.08 Å². The molecular formula is C13H12O2. The van der Waals surface area contributed by atoms with Crippen molar-refractivity contribution >= 4 is 22.8 Å². The first-order chi connectivity index (χ1) is 7.18. The van der Waals surface area contributed by atoms with Gasteiger partial charge in [-0.3, -0.25) is 4.79 Å². The molecule has 2 heteroatoms. The molecule has 2 rings (SSSR count). The van der Waals surface area contributed by atoms with Gasteiger partial charge in [-0.2, -0.15) is 0 Å². The summed E-state index contributed by atoms with van der Waals surface area (Å²) >= 11 is 0. The van der Waals surface area contributed by atoms with E-state index in [0.29, 0.717) is 0 Å². The van der Waals surface area contributed by atoms with Crippen molar-refractivity contribution in [1.82, 2.24) is 0 Å². The van der Waals surface area contributed by atoms with Gasteiger partial charge in [-0.15, -0.1) is 0 Å². The van der Waals surface area contributed by atoms with Crippen molar-refractivity contribution in [2.45, 2.75) is 13.8 Å². The summed E-state index contributed by atoms with van der Waals surface area (Å²) in [6.45, 7) is 3.44. The fourth-order valence-electron chi connectivity index (χ4n) is 1.60. The highest BCUT2D eigenvalue weighted by atomic mass is 16.3. The Morgan fingerprint density at radius 1 is 1.33 bits per heavy atom. The van der Waals surface area contributed by atoms with Crippen LogP contribution in [-0.4, -0.2) is 5.78 Å². The number of carbonyl (C=O) groups is 1. The lowest BCUT2D eigenvalue weighted by molar-refractivity contribution is -0.112. The second-order valence-corrected chi connectivity index (χ2v) is 3.51. The van der Waals surface area contributed by atoms with Crippen LogP contribution in [0.3, 0.4) is 0 Å². The number of para-hydroxylation sites is 1. The molecule has 1 aromatic heterocycles. The van der Waals surface area contributed by atoms with Crippen LogP contribution in [0, 0.1) is 6.92 Å². The van der Waals surface area contributed by atoms with Gasteiger partial charge in [0.2, 0.25) is 0 Å². The molecular weight excluding hydrogens is 188 g/mol. The summed E-state index contributed by atoms with van der Waals surface area (Å²) < 4.78 is 5.57. The molecule has 0 radical (unpaired) electrons. The Morgan fingerprint density at radius 3 is 2.80 bits per heavy atom. The van der Waals surface area contributed by atoms with E-state index < -0.39 is 0 Å². The average molecular weight is 200 g/mol. The fraction of sp³-hybridized carbons (Fsp3) is 0.154. The number of furan rings is 1. The molecule has 0 saturated carbocycles. The third-order valence-electron chi connectivity index (χ3n) is 2.30. The number of benzene rings is 1. The monoisotopic (exact) mass is 200 g/mol. The summed E-state index contributed by atoms with van der Waals surface area (Å²) in [6, 6.07) is 7.81. The first-order valence-corrected chi connectivity index (χ1v) is 4.85. The zero-order valence-corrected chi connectivity index (χ0v) is 8.78. The maximum Gasteiger partial charge on any atom is 0.152 e. The topological polar surface area (TPSA) is 30.2 Å². The van der Waals surface area contributed by atoms with Crippen molar-refractivity contribution in [3.8, 4) is 0 Å². The predicted molar refractivity (Wildman–Crippen MR) is 60.7 cm³/mol. The summed E-state index contributed by atoms with van der Waals surface area (Å²) in [4.78, 5) is 10.9. The maximum atomic E-state index is 10.9. The minimum atomic E-state index is 0.0414. The Kier molecular flexibility index (Phi) is 2.42. The molecule has 0 N–H and O–H groups in total. The molecule has 2 aromatic rings. The Hall–Kier alpha value is -1.83. The highest BCUT2D eigenvalue weighted by Crippen LogP contribution is 2.26. The van der Waals surface area contributed by atoms with Gasteiger partial charge in [0.15, 0.2) is 5.78 Å². The van der Waals surface area contributed by atoms with Gasteiger partial charge < -0.3 is 4.42 Å². The lowest BCUT2D eigenvalue weighted by Crippen LogP contribution is -1.80. The molecule has 0 amide bonds. The number of rotatable bonds is 2. The summed E-state index contributed by atoms with van der Waals surface area (Å²) in [7, 11) is 0. The number of hydrogen-bond donors (Lipinski definition) is 0. The lowest BCUT2D eigenvalue weighted by Gasteiger charge is -1.89. The van der Waals surface area contributed by atoms with Crippen LogP contribution in [0.5, 0.6) is 0 Å². The van der Waals surface area contributed by atoms with E-state index >= 15 is 0 Å². The molecule has 0 unspecified atom stereocenters. The van der Waals surface area contributed by atoms with E-state index in [-0.39, 0.29) is 5.78 Å². The number of fused-ring (bicyclic) bond motifs is 1. The van der Waals surface area contributed by atoms with E-state index in [4.69, 9.17) is 4.42 Å². The van der Waals surface area contributed by atoms with Gasteiger partial charge in [-0.05, 0) is 32.1 Å². The van der Waals surface area contributed by atoms with Gasteiger partial charge >= 0.3 is 0 Å². The van der Waals surface area contributed by atoms with Gasteiger partial charge in [0, 0.05) is 10.9 Å². The molecule has 1 heterocycles. The highest BCUT2D eigenvalue weighted by molar-refractivity contribution is 5.96. The summed E-state index contributed by atoms with van der Waals surface area (Å²) in [6.07, 6.45) is 3.37. The van der Waals surface area contributed by atoms with Crippen molar-refractivity contribution in [3.05, 3.63) is 41.7 Å². The predicted octanol–water partition coefficient (Wildman–Crippen LogP) is 3.34. The van der Waals surface area contributed by atoms with Gasteiger partial charge in [0.25, 0.3) is 0 Å². The number of hydrogen-bond acceptors (Lipinski definition) is 2. The molecule has 0 bridgehead atoms. The molecule has 0 aliphatic rings. The third kappa shape index (κ3) is 1.84. The minimum Gasteiger partial charge on any atom is -0.461 e. The zero-order valence-electron chi connectivity index (χ0n) is 8.78. The molecule has 0 fully saturated rings. The number of allylic oxidation sites excluding steroid dienone is 1. The molecule has 0 saturated heterocycles. The van der Waals surface area contributed by atoms with Crippen molar-refractivity contribution in [3.63, 3.8) is 0 Å². The first kappa shape index (κ1) is 9.71. The largest absolute Gasteiger partial charge is 0.461 e. The smallest absolute Gasteiger partial charge is 0.152 e. The van der Waals surface area contributed by atoms with E-state index in [9.17, 15) is 4.79 Å². The summed E-state index contributed by atoms with van der Waals surface area (Å²) in [5.41, 5.74) is 1.85. The van der Waals surface area contributed by atoms with Crippen molar-refractivity contribution < 1.29 is 9.21 Å². The summed E-state index contributed by atoms with van der Waals surface area (Å²) in [5, 5.41) is 1.05. The maximum absolute atomic E-state index is 10.9. The van der Waals surface area contributed by atoms with E-state index in [1.165, 1.54) is 6.92 Å². The van der Waals surface area contributed by atoms with Crippen LogP contribution in [0.25, 0.3) is 17.0 Å². The van der Waals surface area contributed by atoms with E-state index in [2.05, 4.69) is 0 Å². The zero-order chi connectivity index (χ0) is 10.8. The first-order valence-electron chi connectivity index (χ1n) is 4.85. The SMILES string of the molecule is CC(=O)/C=C/c1c(C)oc2ccccc12. The third-order valence-corrected chi connectivity index (χ3v) is 2.30. The van der Waals surface area contributed by atoms with Crippen molar-refractivity contribution in [1.29, 1.82) is 0 Å². The van der Waals surface area contributed by atoms with Crippen LogP contribution in [0.1, 0.15) is 18.2 Å². The van der Waals surface area contributed by atoms with Crippen LogP contribution in [0.2, 0.25) is 0 Å². The molecule has 0 aliphatic heterocycles. The van der Waals surface area contributed by atoms with Gasteiger partial charge in [0.05, 0.1) is 0 Å². The lowest BCUT2D eigenvalue weighted by atomic mass is 10.1. The quantitative estimate of drug-likeness (QED) is 0.696. The number of aryl methyl sites for hydroxylation is 1. The standard InChI is InChI=1S/C13H12O2/c1-9(14)7-8-11-10(2)15-13-6-4-3-5-12(11)13/h3-8H,1-2H3/b8-7+. The molecule has 0 atom stereocenters. The van der Waals surface area contributed by atoms with Crippen LogP contribution in [-0.2, 0) is 4.79 Å². The average Bonchev–Trinajstić information content (AvgIpc) is 2.50.